The first kappa shape index (κ1) is 17.8. The van der Waals surface area contributed by atoms with Gasteiger partial charge in [0.1, 0.15) is 12.6 Å². The zero-order valence-corrected chi connectivity index (χ0v) is 13.8. The Morgan fingerprint density at radius 2 is 1.79 bits per heavy atom. The molecule has 24 heavy (non-hydrogen) atoms. The Kier molecular flexibility index (Phi) is 6.58. The van der Waals surface area contributed by atoms with Crippen LogP contribution in [-0.2, 0) is 16.0 Å². The molecule has 0 saturated carbocycles. The lowest BCUT2D eigenvalue weighted by Gasteiger charge is -2.17. The van der Waals surface area contributed by atoms with Crippen LogP contribution in [0.3, 0.4) is 0 Å². The van der Waals surface area contributed by atoms with E-state index < -0.39 is 12.0 Å². The molecule has 0 aromatic heterocycles. The predicted octanol–water partition coefficient (Wildman–Crippen LogP) is 3.41. The maximum Gasteiger partial charge on any atom is 0.329 e. The highest BCUT2D eigenvalue weighted by molar-refractivity contribution is 6.30. The van der Waals surface area contributed by atoms with Crippen LogP contribution in [0.1, 0.15) is 15.9 Å². The molecule has 0 fully saturated rings. The van der Waals surface area contributed by atoms with Gasteiger partial charge in [0.15, 0.2) is 0 Å². The van der Waals surface area contributed by atoms with E-state index in [0.717, 1.165) is 5.56 Å². The third-order valence-corrected chi connectivity index (χ3v) is 3.57. The molecule has 0 aliphatic heterocycles. The molecule has 0 heterocycles. The predicted molar refractivity (Wildman–Crippen MR) is 94.0 cm³/mol. The second-order valence-corrected chi connectivity index (χ2v) is 5.58. The number of nitrogens with one attached hydrogen (secondary N) is 1. The van der Waals surface area contributed by atoms with E-state index in [1.165, 1.54) is 6.08 Å². The first-order chi connectivity index (χ1) is 11.6. The van der Waals surface area contributed by atoms with Crippen molar-refractivity contribution in [3.63, 3.8) is 0 Å². The average Bonchev–Trinajstić information content (AvgIpc) is 2.60. The minimum absolute atomic E-state index is 0.0982. The van der Waals surface area contributed by atoms with Crippen molar-refractivity contribution in [1.29, 1.82) is 0 Å². The Morgan fingerprint density at radius 3 is 2.42 bits per heavy atom. The highest BCUT2D eigenvalue weighted by atomic mass is 35.5. The molecule has 0 spiro atoms. The van der Waals surface area contributed by atoms with Gasteiger partial charge >= 0.3 is 5.97 Å². The van der Waals surface area contributed by atoms with Gasteiger partial charge in [-0.1, -0.05) is 54.6 Å². The van der Waals surface area contributed by atoms with Gasteiger partial charge in [-0.25, -0.2) is 4.79 Å². The van der Waals surface area contributed by atoms with Crippen LogP contribution in [0.25, 0.3) is 0 Å². The highest BCUT2D eigenvalue weighted by Crippen LogP contribution is 2.11. The number of halogens is 1. The number of benzene rings is 2. The second kappa shape index (κ2) is 8.89. The Balaban J connectivity index is 2.12. The third kappa shape index (κ3) is 5.25. The fraction of sp³-hybridized carbons (Fsp3) is 0.158. The van der Waals surface area contributed by atoms with Gasteiger partial charge in [0, 0.05) is 17.0 Å². The molecule has 2 rings (SSSR count). The second-order valence-electron chi connectivity index (χ2n) is 5.14. The number of hydrogen-bond donors (Lipinski definition) is 1. The van der Waals surface area contributed by atoms with E-state index >= 15 is 0 Å². The summed E-state index contributed by atoms with van der Waals surface area (Å²) >= 11 is 5.82. The molecule has 4 nitrogen and oxygen atoms in total. The summed E-state index contributed by atoms with van der Waals surface area (Å²) in [4.78, 5) is 24.6. The first-order valence-corrected chi connectivity index (χ1v) is 7.86. The molecule has 0 aliphatic carbocycles. The molecule has 0 bridgehead atoms. The Labute approximate surface area is 146 Å². The standard InChI is InChI=1S/C19H18ClNO3/c1-2-12-24-19(23)17(13-14-6-4-3-5-7-14)21-18(22)15-8-10-16(20)11-9-15/h2-11,17H,1,12-13H2,(H,21,22)/t17-/m0/s1. The largest absolute Gasteiger partial charge is 0.460 e. The van der Waals surface area contributed by atoms with E-state index in [2.05, 4.69) is 11.9 Å². The van der Waals surface area contributed by atoms with Gasteiger partial charge in [-0.3, -0.25) is 4.79 Å². The Morgan fingerprint density at radius 1 is 1.12 bits per heavy atom. The van der Waals surface area contributed by atoms with Crippen LogP contribution in [0.15, 0.2) is 67.3 Å². The molecular weight excluding hydrogens is 326 g/mol. The molecule has 0 unspecified atom stereocenters. The van der Waals surface area contributed by atoms with E-state index in [0.29, 0.717) is 17.0 Å². The van der Waals surface area contributed by atoms with Gasteiger partial charge in [0.25, 0.3) is 5.91 Å². The number of hydrogen-bond acceptors (Lipinski definition) is 3. The quantitative estimate of drug-likeness (QED) is 0.619. The van der Waals surface area contributed by atoms with Crippen molar-refractivity contribution in [1.82, 2.24) is 5.32 Å². The third-order valence-electron chi connectivity index (χ3n) is 3.32. The van der Waals surface area contributed by atoms with Gasteiger partial charge in [-0.05, 0) is 29.8 Å². The van der Waals surface area contributed by atoms with Crippen LogP contribution in [0.5, 0.6) is 0 Å². The summed E-state index contributed by atoms with van der Waals surface area (Å²) in [6.45, 7) is 3.61. The zero-order chi connectivity index (χ0) is 17.4. The normalized spacial score (nSPS) is 11.4. The average molecular weight is 344 g/mol. The lowest BCUT2D eigenvalue weighted by molar-refractivity contribution is -0.144. The monoisotopic (exact) mass is 343 g/mol. The first-order valence-electron chi connectivity index (χ1n) is 7.48. The van der Waals surface area contributed by atoms with E-state index in [9.17, 15) is 9.59 Å². The smallest absolute Gasteiger partial charge is 0.329 e. The van der Waals surface area contributed by atoms with Gasteiger partial charge < -0.3 is 10.1 Å². The lowest BCUT2D eigenvalue weighted by Crippen LogP contribution is -2.43. The Hall–Kier alpha value is -2.59. The molecule has 124 valence electrons. The molecular formula is C19H18ClNO3. The molecule has 2 aromatic rings. The minimum atomic E-state index is -0.782. The molecule has 0 saturated heterocycles. The number of esters is 1. The Bertz CT molecular complexity index is 698. The summed E-state index contributed by atoms with van der Waals surface area (Å²) in [7, 11) is 0. The van der Waals surface area contributed by atoms with Gasteiger partial charge in [-0.15, -0.1) is 0 Å². The molecule has 1 N–H and O–H groups in total. The van der Waals surface area contributed by atoms with Crippen molar-refractivity contribution in [2.45, 2.75) is 12.5 Å². The zero-order valence-electron chi connectivity index (χ0n) is 13.1. The maximum absolute atomic E-state index is 12.4. The van der Waals surface area contributed by atoms with Gasteiger partial charge in [-0.2, -0.15) is 0 Å². The van der Waals surface area contributed by atoms with Gasteiger partial charge in [0.05, 0.1) is 0 Å². The van der Waals surface area contributed by atoms with Crippen LogP contribution >= 0.6 is 11.6 Å². The summed E-state index contributed by atoms with van der Waals surface area (Å²) < 4.78 is 5.09. The molecule has 1 amide bonds. The molecule has 2 aromatic carbocycles. The number of amides is 1. The number of rotatable bonds is 7. The SMILES string of the molecule is C=CCOC(=O)[C@H](Cc1ccccc1)NC(=O)c1ccc(Cl)cc1. The fourth-order valence-corrected chi connectivity index (χ4v) is 2.25. The summed E-state index contributed by atoms with van der Waals surface area (Å²) in [6, 6.07) is 15.1. The number of carbonyl (C=O) groups excluding carboxylic acids is 2. The van der Waals surface area contributed by atoms with Crippen LogP contribution < -0.4 is 5.32 Å². The van der Waals surface area contributed by atoms with E-state index in [-0.39, 0.29) is 12.5 Å². The van der Waals surface area contributed by atoms with E-state index in [1.807, 2.05) is 30.3 Å². The summed E-state index contributed by atoms with van der Waals surface area (Å²) in [5.41, 5.74) is 1.35. The van der Waals surface area contributed by atoms with E-state index in [4.69, 9.17) is 16.3 Å². The molecule has 5 heteroatoms. The van der Waals surface area contributed by atoms with Crippen LogP contribution in [0.2, 0.25) is 5.02 Å². The fourth-order valence-electron chi connectivity index (χ4n) is 2.13. The van der Waals surface area contributed by atoms with Crippen molar-refractivity contribution in [2.75, 3.05) is 6.61 Å². The molecule has 0 radical (unpaired) electrons. The molecule has 1 atom stereocenters. The van der Waals surface area contributed by atoms with Crippen molar-refractivity contribution in [2.24, 2.45) is 0 Å². The highest BCUT2D eigenvalue weighted by Gasteiger charge is 2.23. The van der Waals surface area contributed by atoms with Crippen LogP contribution in [0, 0.1) is 0 Å². The minimum Gasteiger partial charge on any atom is -0.460 e. The number of carbonyl (C=O) groups is 2. The van der Waals surface area contributed by atoms with Crippen molar-refractivity contribution < 1.29 is 14.3 Å². The lowest BCUT2D eigenvalue weighted by atomic mass is 10.1. The summed E-state index contributed by atoms with van der Waals surface area (Å²) in [5.74, 6) is -0.857. The van der Waals surface area contributed by atoms with Crippen LogP contribution in [0.4, 0.5) is 0 Å². The van der Waals surface area contributed by atoms with E-state index in [1.54, 1.807) is 24.3 Å². The topological polar surface area (TPSA) is 55.4 Å². The summed E-state index contributed by atoms with van der Waals surface area (Å²) in [5, 5.41) is 3.26. The number of ether oxygens (including phenoxy) is 1. The molecule has 0 aliphatic rings. The van der Waals surface area contributed by atoms with Gasteiger partial charge in [0.2, 0.25) is 0 Å². The van der Waals surface area contributed by atoms with Crippen LogP contribution in [-0.4, -0.2) is 24.5 Å². The van der Waals surface area contributed by atoms with Crippen molar-refractivity contribution in [3.05, 3.63) is 83.4 Å². The van der Waals surface area contributed by atoms with Crippen molar-refractivity contribution >= 4 is 23.5 Å². The summed E-state index contributed by atoms with van der Waals surface area (Å²) in [6.07, 6.45) is 1.83. The maximum atomic E-state index is 12.4. The van der Waals surface area contributed by atoms with Crippen molar-refractivity contribution in [3.8, 4) is 0 Å².